The molecule has 1 aliphatic carbocycles. The van der Waals surface area contributed by atoms with Gasteiger partial charge in [-0.1, -0.05) is 0 Å². The summed E-state index contributed by atoms with van der Waals surface area (Å²) >= 11 is -0.869. The number of carbonyl (C=O) groups is 1. The van der Waals surface area contributed by atoms with Gasteiger partial charge in [-0.15, -0.1) is 0 Å². The third kappa shape index (κ3) is 4.14. The van der Waals surface area contributed by atoms with Crippen molar-refractivity contribution in [3.63, 3.8) is 0 Å². The first-order valence-electron chi connectivity index (χ1n) is 6.29. The van der Waals surface area contributed by atoms with Gasteiger partial charge in [-0.05, 0) is 0 Å². The molecule has 115 valence electrons. The zero-order valence-corrected chi connectivity index (χ0v) is 16.6. The third-order valence-corrected chi connectivity index (χ3v) is 7.26. The molecular weight excluding hydrogens is 422 g/mol. The second-order valence-electron chi connectivity index (χ2n) is 4.56. The van der Waals surface area contributed by atoms with E-state index in [1.54, 1.807) is 0 Å². The molecule has 2 aromatic carbocycles. The van der Waals surface area contributed by atoms with E-state index in [4.69, 9.17) is 4.74 Å². The van der Waals surface area contributed by atoms with Crippen LogP contribution in [0, 0.1) is 0 Å². The second-order valence-corrected chi connectivity index (χ2v) is 7.86. The van der Waals surface area contributed by atoms with Crippen LogP contribution in [0.4, 0.5) is 0 Å². The summed E-state index contributed by atoms with van der Waals surface area (Å²) in [5.74, 6) is -0.0616. The Morgan fingerprint density at radius 2 is 1.41 bits per heavy atom. The molecule has 2 nitrogen and oxygen atoms in total. The largest absolute Gasteiger partial charge is 1.00 e. The van der Waals surface area contributed by atoms with Gasteiger partial charge in [-0.25, -0.2) is 0 Å². The number of hydrogen-bond acceptors (Lipinski definition) is 2. The molecule has 0 saturated carbocycles. The number of hydrogen-bond donors (Lipinski definition) is 0. The van der Waals surface area contributed by atoms with Crippen molar-refractivity contribution in [3.8, 4) is 11.1 Å². The van der Waals surface area contributed by atoms with Crippen molar-refractivity contribution in [1.82, 2.24) is 0 Å². The van der Waals surface area contributed by atoms with Gasteiger partial charge in [0.2, 0.25) is 0 Å². The summed E-state index contributed by atoms with van der Waals surface area (Å²) < 4.78 is 5.90. The molecule has 0 atom stereocenters. The predicted molar refractivity (Wildman–Crippen MR) is 70.5 cm³/mol. The molecule has 0 spiro atoms. The van der Waals surface area contributed by atoms with Crippen LogP contribution in [0.3, 0.4) is 0 Å². The van der Waals surface area contributed by atoms with Crippen LogP contribution in [0.2, 0.25) is 4.13 Å². The Kier molecular flexibility index (Phi) is 9.58. The van der Waals surface area contributed by atoms with Gasteiger partial charge in [0.25, 0.3) is 0 Å². The summed E-state index contributed by atoms with van der Waals surface area (Å²) in [7, 11) is 1.47. The van der Waals surface area contributed by atoms with E-state index in [1.807, 2.05) is 0 Å². The van der Waals surface area contributed by atoms with Gasteiger partial charge in [-0.2, -0.15) is 0 Å². The monoisotopic (exact) mass is 433 g/mol. The Morgan fingerprint density at radius 1 is 0.955 bits per heavy atom. The molecule has 3 rings (SSSR count). The van der Waals surface area contributed by atoms with Gasteiger partial charge < -0.3 is 37.2 Å². The number of esters is 1. The molecule has 0 N–H and O–H groups in total. The third-order valence-electron chi connectivity index (χ3n) is 3.51. The van der Waals surface area contributed by atoms with E-state index in [0.717, 1.165) is 0 Å². The van der Waals surface area contributed by atoms with E-state index in [-0.39, 0.29) is 43.2 Å². The molecule has 1 aliphatic rings. The van der Waals surface area contributed by atoms with Crippen LogP contribution in [0.5, 0.6) is 0 Å². The molecule has 0 saturated heterocycles. The molecule has 6 heteroatoms. The molecule has 0 fully saturated rings. The van der Waals surface area contributed by atoms with Gasteiger partial charge in [0.15, 0.2) is 0 Å². The van der Waals surface area contributed by atoms with Gasteiger partial charge in [-0.3, -0.25) is 0 Å². The average Bonchev–Trinajstić information content (AvgIpc) is 2.79. The average molecular weight is 436 g/mol. The maximum atomic E-state index is 11.4. The fourth-order valence-electron chi connectivity index (χ4n) is 2.63. The van der Waals surface area contributed by atoms with E-state index < -0.39 is 23.2 Å². The van der Waals surface area contributed by atoms with Crippen LogP contribution >= 0.6 is 0 Å². The van der Waals surface area contributed by atoms with Crippen molar-refractivity contribution in [2.24, 2.45) is 0 Å². The topological polar surface area (TPSA) is 26.3 Å². The Balaban J connectivity index is 0.00000147. The normalized spacial score (nSPS) is 10.8. The second kappa shape index (κ2) is 9.72. The summed E-state index contributed by atoms with van der Waals surface area (Å²) in [5.41, 5.74) is 5.49. The van der Waals surface area contributed by atoms with Crippen LogP contribution in [-0.4, -0.2) is 13.1 Å². The van der Waals surface area contributed by atoms with Gasteiger partial charge in [0, 0.05) is 0 Å². The van der Waals surface area contributed by atoms with E-state index in [9.17, 15) is 4.79 Å². The summed E-state index contributed by atoms with van der Waals surface area (Å²) in [5, 5.41) is 0. The molecule has 0 radical (unpaired) electrons. The molecule has 0 aliphatic heterocycles. The smallest absolute Gasteiger partial charge is 1.00 e. The first kappa shape index (κ1) is 21.7. The summed E-state index contributed by atoms with van der Waals surface area (Å²) in [4.78, 5) is 11.4. The van der Waals surface area contributed by atoms with Gasteiger partial charge in [0.05, 0.1) is 0 Å². The zero-order chi connectivity index (χ0) is 13.2. The maximum absolute atomic E-state index is 11.4. The van der Waals surface area contributed by atoms with Crippen molar-refractivity contribution in [2.75, 3.05) is 7.11 Å². The molecular formula is C16H14Cl3O2Zr. The standard InChI is InChI=1S/C13H9.C3H5O2.3ClH.Zr/c1-3-7-12-10(5-1)9-11-6-2-4-8-13(11)12;1-3(4)5-2;;;;/h1-9H;1H2,2H3;3*1H;/q;;;;;+3/p-3. The van der Waals surface area contributed by atoms with Crippen LogP contribution in [0.25, 0.3) is 11.1 Å². The van der Waals surface area contributed by atoms with Crippen molar-refractivity contribution in [2.45, 2.75) is 7.75 Å². The fraction of sp³-hybridized carbons (Fsp3) is 0.188. The number of fused-ring (bicyclic) bond motifs is 3. The molecule has 0 heterocycles. The quantitative estimate of drug-likeness (QED) is 0.450. The van der Waals surface area contributed by atoms with Gasteiger partial charge >= 0.3 is 124 Å². The fourth-order valence-corrected chi connectivity index (χ4v) is 6.22. The predicted octanol–water partition coefficient (Wildman–Crippen LogP) is -5.56. The minimum atomic E-state index is -0.869. The van der Waals surface area contributed by atoms with Crippen LogP contribution in [0.1, 0.15) is 14.8 Å². The number of halogens is 3. The number of methoxy groups -OCH3 is 1. The number of rotatable bonds is 3. The molecule has 0 bridgehead atoms. The minimum Gasteiger partial charge on any atom is -1.00 e. The SMILES string of the molecule is COC(=O)[CH2][Zr+3][CH]1c2ccccc2-c2ccccc21.[Cl-].[Cl-].[Cl-]. The van der Waals surface area contributed by atoms with Crippen LogP contribution in [0.15, 0.2) is 48.5 Å². The Bertz CT molecular complexity index is 589. The van der Waals surface area contributed by atoms with Crippen molar-refractivity contribution in [1.29, 1.82) is 0 Å². The Morgan fingerprint density at radius 3 is 1.86 bits per heavy atom. The summed E-state index contributed by atoms with van der Waals surface area (Å²) in [6.45, 7) is 0. The van der Waals surface area contributed by atoms with Crippen LogP contribution < -0.4 is 37.2 Å². The van der Waals surface area contributed by atoms with Crippen molar-refractivity contribution < 1.29 is 70.0 Å². The summed E-state index contributed by atoms with van der Waals surface area (Å²) in [6.07, 6.45) is 0. The van der Waals surface area contributed by atoms with Crippen molar-refractivity contribution in [3.05, 3.63) is 59.7 Å². The first-order chi connectivity index (χ1) is 9.31. The van der Waals surface area contributed by atoms with E-state index in [1.165, 1.54) is 29.4 Å². The molecule has 0 unspecified atom stereocenters. The molecule has 0 aromatic heterocycles. The number of benzene rings is 2. The number of carbonyl (C=O) groups excluding carboxylic acids is 1. The van der Waals surface area contributed by atoms with Crippen molar-refractivity contribution >= 4 is 5.97 Å². The van der Waals surface area contributed by atoms with Gasteiger partial charge in [0.1, 0.15) is 0 Å². The minimum absolute atomic E-state index is 0. The molecule has 0 amide bonds. The Hall–Kier alpha value is -0.337. The molecule has 22 heavy (non-hydrogen) atoms. The van der Waals surface area contributed by atoms with E-state index in [0.29, 0.717) is 7.75 Å². The maximum Gasteiger partial charge on any atom is -1.00 e. The van der Waals surface area contributed by atoms with Crippen LogP contribution in [-0.2, 0) is 32.8 Å². The van der Waals surface area contributed by atoms with E-state index >= 15 is 0 Å². The number of ether oxygens (including phenoxy) is 1. The zero-order valence-electron chi connectivity index (χ0n) is 11.9. The first-order valence-corrected chi connectivity index (χ1v) is 9.45. The molecule has 2 aromatic rings. The Labute approximate surface area is 160 Å². The van der Waals surface area contributed by atoms with E-state index in [2.05, 4.69) is 48.5 Å². The summed E-state index contributed by atoms with van der Waals surface area (Å²) in [6, 6.07) is 17.1.